The quantitative estimate of drug-likeness (QED) is 0.103. The lowest BCUT2D eigenvalue weighted by Crippen LogP contribution is -2.33. The van der Waals surface area contributed by atoms with Gasteiger partial charge in [-0.1, -0.05) is 24.1 Å². The molecule has 8 heteroatoms. The predicted octanol–water partition coefficient (Wildman–Crippen LogP) is 8.24. The van der Waals surface area contributed by atoms with E-state index in [0.717, 1.165) is 45.9 Å². The number of esters is 1. The van der Waals surface area contributed by atoms with E-state index in [4.69, 9.17) is 21.1 Å². The van der Waals surface area contributed by atoms with Crippen LogP contribution in [0.4, 0.5) is 0 Å². The van der Waals surface area contributed by atoms with E-state index in [1.807, 2.05) is 18.2 Å². The minimum Gasteiger partial charge on any atom is -0.508 e. The van der Waals surface area contributed by atoms with Crippen LogP contribution >= 0.6 is 22.9 Å². The van der Waals surface area contributed by atoms with Gasteiger partial charge < -0.3 is 14.6 Å². The molecule has 0 bridgehead atoms. The lowest BCUT2D eigenvalue weighted by atomic mass is 9.97. The molecule has 0 atom stereocenters. The van der Waals surface area contributed by atoms with Crippen molar-refractivity contribution in [3.63, 3.8) is 0 Å². The lowest BCUT2D eigenvalue weighted by Gasteiger charge is -2.26. The summed E-state index contributed by atoms with van der Waals surface area (Å²) in [6, 6.07) is 25.9. The normalized spacial score (nSPS) is 13.6. The minimum atomic E-state index is -0.522. The molecular formula is C35H30ClNO5S. The highest BCUT2D eigenvalue weighted by Crippen LogP contribution is 2.42. The van der Waals surface area contributed by atoms with Crippen molar-refractivity contribution >= 4 is 44.8 Å². The molecule has 2 heterocycles. The van der Waals surface area contributed by atoms with Gasteiger partial charge in [0.25, 0.3) is 0 Å². The Morgan fingerprint density at radius 1 is 0.837 bits per heavy atom. The van der Waals surface area contributed by atoms with Crippen LogP contribution < -0.4 is 9.47 Å². The second-order valence-corrected chi connectivity index (χ2v) is 12.0. The van der Waals surface area contributed by atoms with E-state index in [0.29, 0.717) is 34.1 Å². The number of likely N-dealkylation sites (tertiary alicyclic amines) is 1. The number of nitrogens with zero attached hydrogens (tertiary/aromatic N) is 1. The smallest absolute Gasteiger partial charge is 0.343 e. The first-order chi connectivity index (χ1) is 20.9. The number of benzene rings is 4. The second-order valence-electron chi connectivity index (χ2n) is 10.5. The van der Waals surface area contributed by atoms with Crippen LogP contribution in [-0.4, -0.2) is 48.0 Å². The van der Waals surface area contributed by atoms with Crippen molar-refractivity contribution in [3.8, 4) is 27.7 Å². The maximum absolute atomic E-state index is 14.0. The standard InChI is InChI=1S/C35H30ClNO5S/c36-26-6-4-5-25(21-26)35(40)42-29-15-16-30-31(22-29)43-34(24-7-11-27(38)12-8-24)32(30)33(39)23-9-13-28(14-10-23)41-20-19-37-17-2-1-3-18-37/h4-16,21-22,38H,1-3,17-20H2. The largest absolute Gasteiger partial charge is 0.508 e. The SMILES string of the molecule is O=C(Oc1ccc2c(C(=O)c3ccc(OCCN4CCCCC4)cc3)c(-c3ccc(O)cc3)sc2c1)c1cccc(Cl)c1. The molecule has 1 aliphatic heterocycles. The van der Waals surface area contributed by atoms with E-state index in [1.165, 1.54) is 30.6 Å². The molecule has 0 amide bonds. The van der Waals surface area contributed by atoms with Crippen molar-refractivity contribution < 1.29 is 24.2 Å². The predicted molar refractivity (Wildman–Crippen MR) is 171 cm³/mol. The van der Waals surface area contributed by atoms with Crippen LogP contribution in [-0.2, 0) is 0 Å². The summed E-state index contributed by atoms with van der Waals surface area (Å²) in [5.74, 6) is 0.586. The fourth-order valence-corrected chi connectivity index (χ4v) is 6.71. The van der Waals surface area contributed by atoms with Crippen molar-refractivity contribution in [2.75, 3.05) is 26.2 Å². The molecule has 4 aromatic carbocycles. The summed E-state index contributed by atoms with van der Waals surface area (Å²) in [7, 11) is 0. The van der Waals surface area contributed by atoms with Gasteiger partial charge in [0.1, 0.15) is 23.9 Å². The molecule has 5 aromatic rings. The number of ketones is 1. The zero-order chi connectivity index (χ0) is 29.8. The van der Waals surface area contributed by atoms with Crippen LogP contribution in [0.3, 0.4) is 0 Å². The van der Waals surface area contributed by atoms with Gasteiger partial charge in [-0.2, -0.15) is 0 Å². The van der Waals surface area contributed by atoms with Crippen LogP contribution in [0.1, 0.15) is 45.5 Å². The Morgan fingerprint density at radius 2 is 1.58 bits per heavy atom. The highest BCUT2D eigenvalue weighted by molar-refractivity contribution is 7.22. The first kappa shape index (κ1) is 28.9. The zero-order valence-corrected chi connectivity index (χ0v) is 25.0. The summed E-state index contributed by atoms with van der Waals surface area (Å²) in [4.78, 5) is 29.9. The molecule has 6 rings (SSSR count). The van der Waals surface area contributed by atoms with Gasteiger partial charge in [-0.15, -0.1) is 11.3 Å². The molecule has 0 radical (unpaired) electrons. The van der Waals surface area contributed by atoms with E-state index in [1.54, 1.807) is 72.8 Å². The van der Waals surface area contributed by atoms with Crippen molar-refractivity contribution in [1.82, 2.24) is 4.90 Å². The Bertz CT molecular complexity index is 1760. The minimum absolute atomic E-state index is 0.127. The lowest BCUT2D eigenvalue weighted by molar-refractivity contribution is 0.0734. The molecule has 1 saturated heterocycles. The molecule has 1 aliphatic rings. The number of ether oxygens (including phenoxy) is 2. The summed E-state index contributed by atoms with van der Waals surface area (Å²) in [5.41, 5.74) is 2.24. The summed E-state index contributed by atoms with van der Waals surface area (Å²) in [5, 5.41) is 11.1. The number of fused-ring (bicyclic) bond motifs is 1. The van der Waals surface area contributed by atoms with Crippen LogP contribution in [0.25, 0.3) is 20.5 Å². The highest BCUT2D eigenvalue weighted by atomic mass is 35.5. The molecule has 0 saturated carbocycles. The fraction of sp³-hybridized carbons (Fsp3) is 0.200. The summed E-state index contributed by atoms with van der Waals surface area (Å²) in [6.07, 6.45) is 3.80. The number of piperidine rings is 1. The molecule has 218 valence electrons. The number of phenols is 1. The number of aromatic hydroxyl groups is 1. The van der Waals surface area contributed by atoms with Gasteiger partial charge in [-0.3, -0.25) is 9.69 Å². The molecule has 6 nitrogen and oxygen atoms in total. The van der Waals surface area contributed by atoms with Crippen LogP contribution in [0, 0.1) is 0 Å². The number of phenolic OH excluding ortho intramolecular Hbond substituents is 1. The summed E-state index contributed by atoms with van der Waals surface area (Å²) >= 11 is 7.47. The van der Waals surface area contributed by atoms with E-state index in [9.17, 15) is 14.7 Å². The third kappa shape index (κ3) is 6.75. The summed E-state index contributed by atoms with van der Waals surface area (Å²) in [6.45, 7) is 3.76. The van der Waals surface area contributed by atoms with Gasteiger partial charge in [0.2, 0.25) is 0 Å². The van der Waals surface area contributed by atoms with Gasteiger partial charge in [-0.05, 0) is 116 Å². The van der Waals surface area contributed by atoms with E-state index in [-0.39, 0.29) is 11.5 Å². The van der Waals surface area contributed by atoms with Gasteiger partial charge in [0.15, 0.2) is 5.78 Å². The molecule has 1 fully saturated rings. The Kier molecular flexibility index (Phi) is 8.74. The number of carbonyl (C=O) groups is 2. The zero-order valence-electron chi connectivity index (χ0n) is 23.4. The maximum Gasteiger partial charge on any atom is 0.343 e. The molecule has 43 heavy (non-hydrogen) atoms. The van der Waals surface area contributed by atoms with Gasteiger partial charge in [0.05, 0.1) is 5.56 Å². The van der Waals surface area contributed by atoms with Crippen molar-refractivity contribution in [2.45, 2.75) is 19.3 Å². The average Bonchev–Trinajstić information content (AvgIpc) is 3.40. The monoisotopic (exact) mass is 611 g/mol. The average molecular weight is 612 g/mol. The van der Waals surface area contributed by atoms with Crippen LogP contribution in [0.2, 0.25) is 5.02 Å². The Hall–Kier alpha value is -4.17. The number of carbonyl (C=O) groups excluding carboxylic acids is 2. The number of thiophene rings is 1. The van der Waals surface area contributed by atoms with Gasteiger partial charge in [0, 0.05) is 37.7 Å². The van der Waals surface area contributed by atoms with E-state index < -0.39 is 5.97 Å². The van der Waals surface area contributed by atoms with E-state index >= 15 is 0 Å². The fourth-order valence-electron chi connectivity index (χ4n) is 5.29. The van der Waals surface area contributed by atoms with Crippen molar-refractivity contribution in [3.05, 3.63) is 113 Å². The number of halogens is 1. The molecule has 1 N–H and O–H groups in total. The van der Waals surface area contributed by atoms with Gasteiger partial charge in [-0.25, -0.2) is 4.79 Å². The van der Waals surface area contributed by atoms with Crippen molar-refractivity contribution in [1.29, 1.82) is 0 Å². The Balaban J connectivity index is 1.26. The van der Waals surface area contributed by atoms with Gasteiger partial charge >= 0.3 is 5.97 Å². The molecule has 1 aromatic heterocycles. The third-order valence-electron chi connectivity index (χ3n) is 7.53. The highest BCUT2D eigenvalue weighted by Gasteiger charge is 2.23. The third-order valence-corrected chi connectivity index (χ3v) is 8.97. The van der Waals surface area contributed by atoms with Crippen molar-refractivity contribution in [2.24, 2.45) is 0 Å². The number of hydrogen-bond acceptors (Lipinski definition) is 7. The topological polar surface area (TPSA) is 76.1 Å². The summed E-state index contributed by atoms with van der Waals surface area (Å²) < 4.78 is 12.4. The molecule has 0 spiro atoms. The number of rotatable bonds is 9. The Morgan fingerprint density at radius 3 is 2.33 bits per heavy atom. The van der Waals surface area contributed by atoms with Crippen LogP contribution in [0.15, 0.2) is 91.0 Å². The van der Waals surface area contributed by atoms with E-state index in [2.05, 4.69) is 4.90 Å². The molecule has 0 unspecified atom stereocenters. The molecular weight excluding hydrogens is 582 g/mol. The first-order valence-corrected chi connectivity index (χ1v) is 15.5. The first-order valence-electron chi connectivity index (χ1n) is 14.3. The molecule has 0 aliphatic carbocycles. The maximum atomic E-state index is 14.0. The van der Waals surface area contributed by atoms with Crippen LogP contribution in [0.5, 0.6) is 17.2 Å². The number of hydrogen-bond donors (Lipinski definition) is 1. The second kappa shape index (κ2) is 13.0. The Labute approximate surface area is 259 Å².